The Morgan fingerprint density at radius 2 is 2.00 bits per heavy atom. The highest BCUT2D eigenvalue weighted by Gasteiger charge is 2.14. The Bertz CT molecular complexity index is 442. The number of carbonyl (C=O) groups is 1. The third-order valence-electron chi connectivity index (χ3n) is 1.93. The predicted octanol–water partition coefficient (Wildman–Crippen LogP) is 1.54. The maximum atomic E-state index is 11.2. The van der Waals surface area contributed by atoms with Crippen LogP contribution in [0, 0.1) is 0 Å². The molecular weight excluding hydrogens is 228 g/mol. The molecule has 6 heteroatoms. The molecule has 0 saturated carbocycles. The van der Waals surface area contributed by atoms with Crippen LogP contribution in [0.2, 0.25) is 0 Å². The fourth-order valence-electron chi connectivity index (χ4n) is 1.21. The predicted molar refractivity (Wildman–Crippen MR) is 62.7 cm³/mol. The van der Waals surface area contributed by atoms with E-state index in [1.807, 2.05) is 0 Å². The second-order valence-corrected chi connectivity index (χ2v) is 2.97. The van der Waals surface area contributed by atoms with E-state index in [1.54, 1.807) is 0 Å². The zero-order valence-corrected chi connectivity index (χ0v) is 9.63. The van der Waals surface area contributed by atoms with Gasteiger partial charge in [0.1, 0.15) is 17.2 Å². The van der Waals surface area contributed by atoms with Crippen molar-refractivity contribution in [2.24, 2.45) is 10.7 Å². The molecule has 0 aliphatic heterocycles. The molecular formula is C10H10N2O3S. The Morgan fingerprint density at radius 1 is 1.38 bits per heavy atom. The SMILES string of the molecule is COc1cc(OC)c(C(N)=O)cc1N=C=S. The van der Waals surface area contributed by atoms with Crippen LogP contribution < -0.4 is 15.2 Å². The minimum Gasteiger partial charge on any atom is -0.496 e. The molecule has 0 atom stereocenters. The summed E-state index contributed by atoms with van der Waals surface area (Å²) >= 11 is 4.49. The Hall–Kier alpha value is -1.91. The highest BCUT2D eigenvalue weighted by Crippen LogP contribution is 2.34. The van der Waals surface area contributed by atoms with E-state index in [9.17, 15) is 4.79 Å². The van der Waals surface area contributed by atoms with Crippen LogP contribution >= 0.6 is 12.2 Å². The summed E-state index contributed by atoms with van der Waals surface area (Å²) < 4.78 is 10.1. The quantitative estimate of drug-likeness (QED) is 0.637. The van der Waals surface area contributed by atoms with Crippen molar-refractivity contribution in [3.63, 3.8) is 0 Å². The maximum Gasteiger partial charge on any atom is 0.252 e. The molecule has 16 heavy (non-hydrogen) atoms. The molecule has 0 fully saturated rings. The average molecular weight is 238 g/mol. The van der Waals surface area contributed by atoms with E-state index >= 15 is 0 Å². The van der Waals surface area contributed by atoms with E-state index in [0.29, 0.717) is 17.2 Å². The average Bonchev–Trinajstić information content (AvgIpc) is 2.28. The van der Waals surface area contributed by atoms with Crippen molar-refractivity contribution in [3.8, 4) is 11.5 Å². The van der Waals surface area contributed by atoms with Gasteiger partial charge < -0.3 is 15.2 Å². The molecule has 1 rings (SSSR count). The van der Waals surface area contributed by atoms with Crippen LogP contribution in [0.25, 0.3) is 0 Å². The molecule has 5 nitrogen and oxygen atoms in total. The number of ether oxygens (including phenoxy) is 2. The van der Waals surface area contributed by atoms with Crippen molar-refractivity contribution in [2.75, 3.05) is 14.2 Å². The number of nitrogens with zero attached hydrogens (tertiary/aromatic N) is 1. The Labute approximate surface area is 97.9 Å². The van der Waals surface area contributed by atoms with Gasteiger partial charge in [0.05, 0.1) is 24.9 Å². The number of carbonyl (C=O) groups excluding carboxylic acids is 1. The third-order valence-corrected chi connectivity index (χ3v) is 2.02. The molecule has 1 aromatic carbocycles. The second-order valence-electron chi connectivity index (χ2n) is 2.79. The standard InChI is InChI=1S/C10H10N2O3S/c1-14-8-4-9(15-2)7(12-5-16)3-6(8)10(11)13/h3-4H,1-2H3,(H2,11,13). The number of thiocarbonyl (C=S) groups is 1. The van der Waals surface area contributed by atoms with Crippen LogP contribution in [0.15, 0.2) is 17.1 Å². The van der Waals surface area contributed by atoms with E-state index in [1.165, 1.54) is 26.4 Å². The fourth-order valence-corrected chi connectivity index (χ4v) is 1.31. The molecule has 0 unspecified atom stereocenters. The van der Waals surface area contributed by atoms with Gasteiger partial charge in [-0.2, -0.15) is 4.99 Å². The molecule has 1 amide bonds. The van der Waals surface area contributed by atoms with Gasteiger partial charge in [-0.1, -0.05) is 0 Å². The molecule has 0 aromatic heterocycles. The van der Waals surface area contributed by atoms with Crippen molar-refractivity contribution < 1.29 is 14.3 Å². The largest absolute Gasteiger partial charge is 0.496 e. The summed E-state index contributed by atoms with van der Waals surface area (Å²) in [4.78, 5) is 14.9. The number of nitrogens with two attached hydrogens (primary N) is 1. The van der Waals surface area contributed by atoms with Crippen LogP contribution in [0.1, 0.15) is 10.4 Å². The molecule has 1 aromatic rings. The summed E-state index contributed by atoms with van der Waals surface area (Å²) in [6.07, 6.45) is 0. The summed E-state index contributed by atoms with van der Waals surface area (Å²) in [6, 6.07) is 2.96. The number of benzene rings is 1. The molecule has 0 spiro atoms. The van der Waals surface area contributed by atoms with Crippen LogP contribution in [-0.4, -0.2) is 25.3 Å². The van der Waals surface area contributed by atoms with Crippen LogP contribution in [-0.2, 0) is 0 Å². The first-order valence-electron chi connectivity index (χ1n) is 4.27. The van der Waals surface area contributed by atoms with E-state index in [-0.39, 0.29) is 5.56 Å². The Balaban J connectivity index is 3.46. The second kappa shape index (κ2) is 5.25. The summed E-state index contributed by atoms with van der Waals surface area (Å²) in [6.45, 7) is 0. The highest BCUT2D eigenvalue weighted by molar-refractivity contribution is 7.78. The van der Waals surface area contributed by atoms with Crippen LogP contribution in [0.3, 0.4) is 0 Å². The number of methoxy groups -OCH3 is 2. The lowest BCUT2D eigenvalue weighted by molar-refractivity contribution is 0.0997. The van der Waals surface area contributed by atoms with E-state index in [0.717, 1.165) is 0 Å². The minimum absolute atomic E-state index is 0.215. The topological polar surface area (TPSA) is 73.9 Å². The molecule has 0 aliphatic carbocycles. The normalized spacial score (nSPS) is 9.12. The highest BCUT2D eigenvalue weighted by atomic mass is 32.1. The minimum atomic E-state index is -0.611. The molecule has 0 aliphatic rings. The maximum absolute atomic E-state index is 11.2. The summed E-state index contributed by atoms with van der Waals surface area (Å²) in [5.41, 5.74) is 5.80. The van der Waals surface area contributed by atoms with E-state index in [4.69, 9.17) is 15.2 Å². The first-order valence-corrected chi connectivity index (χ1v) is 4.68. The van der Waals surface area contributed by atoms with E-state index in [2.05, 4.69) is 22.4 Å². The van der Waals surface area contributed by atoms with Gasteiger partial charge in [-0.05, 0) is 18.3 Å². The fraction of sp³-hybridized carbons (Fsp3) is 0.200. The summed E-state index contributed by atoms with van der Waals surface area (Å²) in [7, 11) is 2.91. The lowest BCUT2D eigenvalue weighted by Crippen LogP contribution is -2.12. The number of rotatable bonds is 4. The lowest BCUT2D eigenvalue weighted by Gasteiger charge is -2.09. The van der Waals surface area contributed by atoms with Gasteiger partial charge in [0.2, 0.25) is 0 Å². The number of hydrogen-bond acceptors (Lipinski definition) is 5. The van der Waals surface area contributed by atoms with E-state index < -0.39 is 5.91 Å². The molecule has 2 N–H and O–H groups in total. The van der Waals surface area contributed by atoms with Gasteiger partial charge in [0.15, 0.2) is 0 Å². The molecule has 0 bridgehead atoms. The smallest absolute Gasteiger partial charge is 0.252 e. The van der Waals surface area contributed by atoms with Gasteiger partial charge in [-0.15, -0.1) is 0 Å². The van der Waals surface area contributed by atoms with Crippen molar-refractivity contribution >= 4 is 29.0 Å². The van der Waals surface area contributed by atoms with Crippen LogP contribution in [0.4, 0.5) is 5.69 Å². The number of hydrogen-bond donors (Lipinski definition) is 1. The first kappa shape index (κ1) is 12.2. The number of isothiocyanates is 1. The molecule has 0 radical (unpaired) electrons. The zero-order valence-electron chi connectivity index (χ0n) is 8.81. The molecule has 84 valence electrons. The van der Waals surface area contributed by atoms with Crippen molar-refractivity contribution in [2.45, 2.75) is 0 Å². The Kier molecular flexibility index (Phi) is 3.99. The number of aliphatic imine (C=N–C) groups is 1. The van der Waals surface area contributed by atoms with Gasteiger partial charge in [0, 0.05) is 6.07 Å². The van der Waals surface area contributed by atoms with Gasteiger partial charge >= 0.3 is 0 Å². The van der Waals surface area contributed by atoms with Gasteiger partial charge in [0.25, 0.3) is 5.91 Å². The molecule has 0 heterocycles. The first-order chi connectivity index (χ1) is 7.63. The van der Waals surface area contributed by atoms with Crippen molar-refractivity contribution in [1.82, 2.24) is 0 Å². The number of primary amides is 1. The zero-order chi connectivity index (χ0) is 12.1. The van der Waals surface area contributed by atoms with Crippen LogP contribution in [0.5, 0.6) is 11.5 Å². The molecule has 0 saturated heterocycles. The summed E-state index contributed by atoms with van der Waals surface area (Å²) in [5, 5.41) is 2.20. The lowest BCUT2D eigenvalue weighted by atomic mass is 10.1. The number of amides is 1. The van der Waals surface area contributed by atoms with Crippen molar-refractivity contribution in [3.05, 3.63) is 17.7 Å². The monoisotopic (exact) mass is 238 g/mol. The van der Waals surface area contributed by atoms with Crippen molar-refractivity contribution in [1.29, 1.82) is 0 Å². The third kappa shape index (κ3) is 2.36. The van der Waals surface area contributed by atoms with Gasteiger partial charge in [-0.25, -0.2) is 0 Å². The Morgan fingerprint density at radius 3 is 2.44 bits per heavy atom. The van der Waals surface area contributed by atoms with Gasteiger partial charge in [-0.3, -0.25) is 4.79 Å². The summed E-state index contributed by atoms with van der Waals surface area (Å²) in [5.74, 6) is 0.146.